The van der Waals surface area contributed by atoms with Crippen LogP contribution in [0, 0.1) is 13.8 Å². The van der Waals surface area contributed by atoms with E-state index in [4.69, 9.17) is 11.5 Å². The summed E-state index contributed by atoms with van der Waals surface area (Å²) in [6.45, 7) is 11.0. The first-order valence-electron chi connectivity index (χ1n) is 11.7. The Labute approximate surface area is 199 Å². The standard InChI is InChI=1S/C25H34N6OS/c1-14(2)20-21-16(4)23(17-6-5-8-31(9-7-17)12-19(27)32)33-25(21)30-22(20)18-10-15(3)24(28-11-18)29-13-26/h10-11,13-14,17,30H,5-9,12H2,1-4H3,(H2,27,32)(H2,26,28,29). The summed E-state index contributed by atoms with van der Waals surface area (Å²) in [6, 6.07) is 2.13. The Kier molecular flexibility index (Phi) is 6.86. The summed E-state index contributed by atoms with van der Waals surface area (Å²) >= 11 is 1.89. The summed E-state index contributed by atoms with van der Waals surface area (Å²) in [5.41, 5.74) is 16.8. The number of thiophene rings is 1. The van der Waals surface area contributed by atoms with Gasteiger partial charge in [-0.25, -0.2) is 9.98 Å². The molecule has 4 rings (SSSR count). The molecule has 4 heterocycles. The normalized spacial score (nSPS) is 17.9. The molecule has 1 aliphatic heterocycles. The van der Waals surface area contributed by atoms with Crippen LogP contribution < -0.4 is 11.5 Å². The maximum atomic E-state index is 11.4. The number of aliphatic imine (C=N–C) groups is 1. The number of nitrogens with one attached hydrogen (secondary N) is 1. The summed E-state index contributed by atoms with van der Waals surface area (Å²) < 4.78 is 0. The first-order valence-corrected chi connectivity index (χ1v) is 12.5. The first kappa shape index (κ1) is 23.4. The second-order valence-corrected chi connectivity index (χ2v) is 10.4. The second-order valence-electron chi connectivity index (χ2n) is 9.38. The average molecular weight is 467 g/mol. The van der Waals surface area contributed by atoms with Gasteiger partial charge in [-0.15, -0.1) is 11.3 Å². The number of carbonyl (C=O) groups excluding carboxylic acids is 1. The van der Waals surface area contributed by atoms with Crippen molar-refractivity contribution in [3.8, 4) is 11.3 Å². The lowest BCUT2D eigenvalue weighted by Gasteiger charge is -2.18. The number of likely N-dealkylation sites (tertiary alicyclic amines) is 1. The molecule has 1 amide bonds. The quantitative estimate of drug-likeness (QED) is 0.361. The van der Waals surface area contributed by atoms with E-state index in [0.29, 0.717) is 24.2 Å². The number of rotatable bonds is 6. The first-order chi connectivity index (χ1) is 15.8. The van der Waals surface area contributed by atoms with E-state index in [-0.39, 0.29) is 5.91 Å². The van der Waals surface area contributed by atoms with Crippen LogP contribution in [0.3, 0.4) is 0 Å². The number of primary amides is 1. The van der Waals surface area contributed by atoms with Crippen molar-refractivity contribution in [3.63, 3.8) is 0 Å². The molecule has 33 heavy (non-hydrogen) atoms. The molecule has 176 valence electrons. The number of pyridine rings is 1. The fourth-order valence-electron chi connectivity index (χ4n) is 5.15. The lowest BCUT2D eigenvalue weighted by atomic mass is 9.92. The zero-order valence-corrected chi connectivity index (χ0v) is 20.8. The van der Waals surface area contributed by atoms with Gasteiger partial charge >= 0.3 is 0 Å². The third-order valence-electron chi connectivity index (χ3n) is 6.65. The summed E-state index contributed by atoms with van der Waals surface area (Å²) in [5.74, 6) is 1.31. The van der Waals surface area contributed by atoms with Crippen LogP contribution in [-0.2, 0) is 4.79 Å². The molecule has 1 atom stereocenters. The van der Waals surface area contributed by atoms with Crippen molar-refractivity contribution < 1.29 is 4.79 Å². The summed E-state index contributed by atoms with van der Waals surface area (Å²) in [7, 11) is 0. The number of aromatic amines is 1. The number of aromatic nitrogens is 2. The van der Waals surface area contributed by atoms with Gasteiger partial charge in [-0.05, 0) is 80.8 Å². The molecule has 1 saturated heterocycles. The van der Waals surface area contributed by atoms with E-state index in [0.717, 1.165) is 49.2 Å². The number of aryl methyl sites for hydroxylation is 2. The van der Waals surface area contributed by atoms with E-state index in [1.165, 1.54) is 32.6 Å². The molecule has 0 aromatic carbocycles. The van der Waals surface area contributed by atoms with E-state index < -0.39 is 0 Å². The lowest BCUT2D eigenvalue weighted by Crippen LogP contribution is -2.34. The third kappa shape index (κ3) is 4.68. The zero-order chi connectivity index (χ0) is 23.7. The van der Waals surface area contributed by atoms with Gasteiger partial charge in [-0.1, -0.05) is 13.8 Å². The SMILES string of the molecule is Cc1cc(-c2[nH]c3sc(C4CCCN(CC(N)=O)CC4)c(C)c3c2C(C)C)cnc1N=CN. The van der Waals surface area contributed by atoms with Gasteiger partial charge in [0.2, 0.25) is 5.91 Å². The number of nitrogens with two attached hydrogens (primary N) is 2. The molecule has 1 fully saturated rings. The van der Waals surface area contributed by atoms with Crippen molar-refractivity contribution in [2.45, 2.75) is 58.8 Å². The number of H-pyrrole nitrogens is 1. The minimum atomic E-state index is -0.240. The van der Waals surface area contributed by atoms with Crippen LogP contribution in [0.15, 0.2) is 17.3 Å². The minimum absolute atomic E-state index is 0.240. The van der Waals surface area contributed by atoms with E-state index in [1.54, 1.807) is 0 Å². The highest BCUT2D eigenvalue weighted by atomic mass is 32.1. The molecule has 3 aromatic heterocycles. The van der Waals surface area contributed by atoms with Crippen LogP contribution in [0.4, 0.5) is 5.82 Å². The molecular weight excluding hydrogens is 432 g/mol. The number of nitrogens with zero attached hydrogens (tertiary/aromatic N) is 3. The number of hydrogen-bond acceptors (Lipinski definition) is 5. The average Bonchev–Trinajstić information content (AvgIpc) is 3.18. The summed E-state index contributed by atoms with van der Waals surface area (Å²) in [4.78, 5) is 28.7. The molecule has 7 nitrogen and oxygen atoms in total. The third-order valence-corrected chi connectivity index (χ3v) is 8.02. The molecule has 0 bridgehead atoms. The minimum Gasteiger partial charge on any atom is -0.390 e. The van der Waals surface area contributed by atoms with Crippen molar-refractivity contribution >= 4 is 39.6 Å². The predicted molar refractivity (Wildman–Crippen MR) is 138 cm³/mol. The topological polar surface area (TPSA) is 113 Å². The molecule has 0 saturated carbocycles. The van der Waals surface area contributed by atoms with E-state index in [2.05, 4.69) is 46.7 Å². The second kappa shape index (κ2) is 9.65. The van der Waals surface area contributed by atoms with Gasteiger partial charge in [0.15, 0.2) is 5.82 Å². The summed E-state index contributed by atoms with van der Waals surface area (Å²) in [5, 5.41) is 1.36. The van der Waals surface area contributed by atoms with Crippen LogP contribution >= 0.6 is 11.3 Å². The lowest BCUT2D eigenvalue weighted by molar-refractivity contribution is -0.119. The fourth-order valence-corrected chi connectivity index (χ4v) is 6.55. The number of carbonyl (C=O) groups is 1. The van der Waals surface area contributed by atoms with Gasteiger partial charge in [0.05, 0.1) is 18.6 Å². The van der Waals surface area contributed by atoms with Gasteiger partial charge < -0.3 is 16.5 Å². The molecular formula is C25H34N6OS. The highest BCUT2D eigenvalue weighted by Gasteiger charge is 2.27. The monoisotopic (exact) mass is 466 g/mol. The Morgan fingerprint density at radius 1 is 1.36 bits per heavy atom. The van der Waals surface area contributed by atoms with Gasteiger partial charge in [0.1, 0.15) is 4.83 Å². The zero-order valence-electron chi connectivity index (χ0n) is 19.9. The fraction of sp³-hybridized carbons (Fsp3) is 0.480. The highest BCUT2D eigenvalue weighted by Crippen LogP contribution is 2.45. The number of amides is 1. The molecule has 3 aromatic rings. The van der Waals surface area contributed by atoms with E-state index in [1.807, 2.05) is 24.5 Å². The molecule has 5 N–H and O–H groups in total. The van der Waals surface area contributed by atoms with Gasteiger partial charge in [-0.3, -0.25) is 9.69 Å². The summed E-state index contributed by atoms with van der Waals surface area (Å²) in [6.07, 6.45) is 6.47. The Bertz CT molecular complexity index is 1190. The van der Waals surface area contributed by atoms with Crippen molar-refractivity contribution in [1.29, 1.82) is 0 Å². The highest BCUT2D eigenvalue weighted by molar-refractivity contribution is 7.19. The van der Waals surface area contributed by atoms with Crippen LogP contribution in [0.5, 0.6) is 0 Å². The van der Waals surface area contributed by atoms with Crippen LogP contribution in [0.25, 0.3) is 21.5 Å². The maximum absolute atomic E-state index is 11.4. The van der Waals surface area contributed by atoms with Crippen molar-refractivity contribution in [2.24, 2.45) is 16.5 Å². The van der Waals surface area contributed by atoms with E-state index >= 15 is 0 Å². The Morgan fingerprint density at radius 2 is 2.15 bits per heavy atom. The van der Waals surface area contributed by atoms with Gasteiger partial charge in [-0.2, -0.15) is 0 Å². The van der Waals surface area contributed by atoms with Crippen LogP contribution in [-0.4, -0.2) is 46.7 Å². The van der Waals surface area contributed by atoms with Crippen molar-refractivity contribution in [1.82, 2.24) is 14.9 Å². The molecule has 1 unspecified atom stereocenters. The molecule has 1 aliphatic rings. The Morgan fingerprint density at radius 3 is 2.82 bits per heavy atom. The van der Waals surface area contributed by atoms with Crippen LogP contribution in [0.2, 0.25) is 0 Å². The Hall–Kier alpha value is -2.71. The molecule has 8 heteroatoms. The van der Waals surface area contributed by atoms with Gasteiger partial charge in [0.25, 0.3) is 0 Å². The molecule has 0 aliphatic carbocycles. The van der Waals surface area contributed by atoms with Crippen LogP contribution in [0.1, 0.15) is 66.5 Å². The Balaban J connectivity index is 1.70. The molecule has 0 radical (unpaired) electrons. The van der Waals surface area contributed by atoms with E-state index in [9.17, 15) is 4.79 Å². The molecule has 0 spiro atoms. The number of hydrogen-bond donors (Lipinski definition) is 3. The van der Waals surface area contributed by atoms with Crippen molar-refractivity contribution in [3.05, 3.63) is 33.8 Å². The maximum Gasteiger partial charge on any atom is 0.231 e. The smallest absolute Gasteiger partial charge is 0.231 e. The largest absolute Gasteiger partial charge is 0.390 e. The van der Waals surface area contributed by atoms with Crippen molar-refractivity contribution in [2.75, 3.05) is 19.6 Å². The van der Waals surface area contributed by atoms with Gasteiger partial charge in [0, 0.05) is 22.0 Å². The number of fused-ring (bicyclic) bond motifs is 1. The predicted octanol–water partition coefficient (Wildman–Crippen LogP) is 4.70.